The summed E-state index contributed by atoms with van der Waals surface area (Å²) in [5.74, 6) is 0.657. The van der Waals surface area contributed by atoms with Crippen LogP contribution in [0.1, 0.15) is 62.1 Å². The molecule has 0 radical (unpaired) electrons. The van der Waals surface area contributed by atoms with Crippen molar-refractivity contribution in [1.82, 2.24) is 10.2 Å². The molecule has 0 bridgehead atoms. The Hall–Kier alpha value is -2.74. The summed E-state index contributed by atoms with van der Waals surface area (Å²) in [6.07, 6.45) is 3.44. The van der Waals surface area contributed by atoms with Crippen molar-refractivity contribution in [3.05, 3.63) is 46.2 Å². The molecule has 3 unspecified atom stereocenters. The molecule has 3 aliphatic rings. The minimum Gasteiger partial charge on any atom is -0.497 e. The van der Waals surface area contributed by atoms with Crippen molar-refractivity contribution in [2.75, 3.05) is 12.0 Å². The minimum atomic E-state index is -0.572. The fourth-order valence-corrected chi connectivity index (χ4v) is 5.57. The van der Waals surface area contributed by atoms with Gasteiger partial charge in [-0.05, 0) is 37.0 Å². The van der Waals surface area contributed by atoms with Gasteiger partial charge in [0.2, 0.25) is 5.13 Å². The Bertz CT molecular complexity index is 1060. The topological polar surface area (TPSA) is 81.6 Å². The molecular formula is C23H25N3O4S. The van der Waals surface area contributed by atoms with E-state index in [0.29, 0.717) is 16.5 Å². The molecule has 0 saturated heterocycles. The Morgan fingerprint density at radius 1 is 1.13 bits per heavy atom. The maximum absolute atomic E-state index is 13.6. The van der Waals surface area contributed by atoms with E-state index in [2.05, 4.69) is 10.2 Å². The summed E-state index contributed by atoms with van der Waals surface area (Å²) in [7, 11) is 1.61. The molecule has 0 spiro atoms. The van der Waals surface area contributed by atoms with Crippen molar-refractivity contribution >= 4 is 28.2 Å². The fraction of sp³-hybridized carbons (Fsp3) is 0.478. The van der Waals surface area contributed by atoms with Gasteiger partial charge in [-0.25, -0.2) is 0 Å². The summed E-state index contributed by atoms with van der Waals surface area (Å²) >= 11 is 1.38. The number of anilines is 1. The molecule has 162 valence electrons. The van der Waals surface area contributed by atoms with Crippen LogP contribution in [0.4, 0.5) is 5.13 Å². The van der Waals surface area contributed by atoms with Gasteiger partial charge in [0.15, 0.2) is 11.5 Å². The van der Waals surface area contributed by atoms with Crippen LogP contribution in [0.5, 0.6) is 5.75 Å². The number of ether oxygens (including phenoxy) is 2. The highest BCUT2D eigenvalue weighted by Gasteiger charge is 2.53. The molecule has 1 fully saturated rings. The van der Waals surface area contributed by atoms with Gasteiger partial charge in [0, 0.05) is 5.92 Å². The van der Waals surface area contributed by atoms with Crippen LogP contribution in [-0.4, -0.2) is 35.1 Å². The van der Waals surface area contributed by atoms with Crippen LogP contribution in [0, 0.1) is 5.92 Å². The number of rotatable bonds is 4. The number of nitrogens with zero attached hydrogens (tertiary/aromatic N) is 3. The van der Waals surface area contributed by atoms with Gasteiger partial charge in [0.05, 0.1) is 24.6 Å². The van der Waals surface area contributed by atoms with Gasteiger partial charge in [-0.1, -0.05) is 43.7 Å². The highest BCUT2D eigenvalue weighted by Crippen LogP contribution is 2.49. The predicted octanol–water partition coefficient (Wildman–Crippen LogP) is 4.17. The van der Waals surface area contributed by atoms with Gasteiger partial charge in [0.25, 0.3) is 5.91 Å². The molecule has 31 heavy (non-hydrogen) atoms. The van der Waals surface area contributed by atoms with Gasteiger partial charge >= 0.3 is 0 Å². The average Bonchev–Trinajstić information content (AvgIpc) is 3.38. The third-order valence-electron chi connectivity index (χ3n) is 6.32. The summed E-state index contributed by atoms with van der Waals surface area (Å²) in [5, 5.41) is 9.92. The van der Waals surface area contributed by atoms with Gasteiger partial charge in [-0.15, -0.1) is 10.2 Å². The average molecular weight is 440 g/mol. The summed E-state index contributed by atoms with van der Waals surface area (Å²) in [5.41, 5.74) is 1.28. The van der Waals surface area contributed by atoms with E-state index >= 15 is 0 Å². The molecule has 1 aromatic heterocycles. The molecule has 8 heteroatoms. The molecule has 3 atom stereocenters. The van der Waals surface area contributed by atoms with Crippen LogP contribution in [0.2, 0.25) is 0 Å². The summed E-state index contributed by atoms with van der Waals surface area (Å²) in [6.45, 7) is 4.08. The molecule has 5 rings (SSSR count). The molecule has 7 nitrogen and oxygen atoms in total. The number of aromatic nitrogens is 2. The van der Waals surface area contributed by atoms with Crippen LogP contribution in [0.25, 0.3) is 0 Å². The van der Waals surface area contributed by atoms with E-state index in [-0.39, 0.29) is 35.4 Å². The standard InChI is InChI=1S/C23H25N3O4S/c1-12(2)21-24-25-23(31-21)26-18(13-8-10-14(29-3)11-9-13)17-19(27)15-6-4-5-7-16(15)30-20(17)22(26)28/h8-12,15-16,18H,4-7H2,1-3H3. The van der Waals surface area contributed by atoms with Crippen LogP contribution in [0.3, 0.4) is 0 Å². The van der Waals surface area contributed by atoms with Crippen LogP contribution >= 0.6 is 11.3 Å². The van der Waals surface area contributed by atoms with E-state index in [1.807, 2.05) is 38.1 Å². The Kier molecular flexibility index (Phi) is 5.04. The van der Waals surface area contributed by atoms with Crippen molar-refractivity contribution in [2.45, 2.75) is 57.6 Å². The molecule has 1 amide bonds. The van der Waals surface area contributed by atoms with Gasteiger partial charge < -0.3 is 9.47 Å². The van der Waals surface area contributed by atoms with Crippen LogP contribution < -0.4 is 9.64 Å². The lowest BCUT2D eigenvalue weighted by molar-refractivity contribution is -0.131. The smallest absolute Gasteiger partial charge is 0.296 e. The highest BCUT2D eigenvalue weighted by molar-refractivity contribution is 7.15. The third kappa shape index (κ3) is 3.24. The molecule has 2 aromatic rings. The maximum atomic E-state index is 13.6. The normalized spacial score (nSPS) is 25.5. The van der Waals surface area contributed by atoms with Crippen molar-refractivity contribution in [3.63, 3.8) is 0 Å². The lowest BCUT2D eigenvalue weighted by Crippen LogP contribution is -2.39. The Labute approximate surface area is 185 Å². The zero-order valence-corrected chi connectivity index (χ0v) is 18.6. The molecule has 0 N–H and O–H groups in total. The lowest BCUT2D eigenvalue weighted by atomic mass is 9.77. The van der Waals surface area contributed by atoms with Crippen molar-refractivity contribution < 1.29 is 19.1 Å². The Balaban J connectivity index is 1.62. The summed E-state index contributed by atoms with van der Waals surface area (Å²) in [6, 6.07) is 6.90. The van der Waals surface area contributed by atoms with E-state index in [4.69, 9.17) is 9.47 Å². The SMILES string of the molecule is COc1ccc(C2C3=C(OC4CCCCC4C3=O)C(=O)N2c2nnc(C(C)C)s2)cc1. The first-order valence-corrected chi connectivity index (χ1v) is 11.6. The highest BCUT2D eigenvalue weighted by atomic mass is 32.1. The molecule has 1 aliphatic carbocycles. The third-order valence-corrected chi connectivity index (χ3v) is 7.55. The monoisotopic (exact) mass is 439 g/mol. The maximum Gasteiger partial charge on any atom is 0.296 e. The molecule has 1 aromatic carbocycles. The number of hydrogen-bond acceptors (Lipinski definition) is 7. The largest absolute Gasteiger partial charge is 0.497 e. The number of hydrogen-bond donors (Lipinski definition) is 0. The fourth-order valence-electron chi connectivity index (χ4n) is 4.70. The van der Waals surface area contributed by atoms with Gasteiger partial charge in [-0.2, -0.15) is 0 Å². The number of carbonyl (C=O) groups excluding carboxylic acids is 2. The number of methoxy groups -OCH3 is 1. The molecule has 2 aliphatic heterocycles. The first-order valence-electron chi connectivity index (χ1n) is 10.8. The zero-order chi connectivity index (χ0) is 21.7. The van der Waals surface area contributed by atoms with E-state index in [9.17, 15) is 9.59 Å². The Morgan fingerprint density at radius 3 is 2.55 bits per heavy atom. The molecule has 3 heterocycles. The van der Waals surface area contributed by atoms with Gasteiger partial charge in [0.1, 0.15) is 16.9 Å². The summed E-state index contributed by atoms with van der Waals surface area (Å²) in [4.78, 5) is 28.7. The molecule has 1 saturated carbocycles. The summed E-state index contributed by atoms with van der Waals surface area (Å²) < 4.78 is 11.5. The van der Waals surface area contributed by atoms with Gasteiger partial charge in [-0.3, -0.25) is 14.5 Å². The van der Waals surface area contributed by atoms with Crippen LogP contribution in [-0.2, 0) is 14.3 Å². The number of fused-ring (bicyclic) bond motifs is 1. The predicted molar refractivity (Wildman–Crippen MR) is 116 cm³/mol. The van der Waals surface area contributed by atoms with E-state index < -0.39 is 6.04 Å². The van der Waals surface area contributed by atoms with Crippen molar-refractivity contribution in [3.8, 4) is 5.75 Å². The second kappa shape index (κ2) is 7.75. The lowest BCUT2D eigenvalue weighted by Gasteiger charge is -2.35. The van der Waals surface area contributed by atoms with E-state index in [1.54, 1.807) is 12.0 Å². The van der Waals surface area contributed by atoms with Crippen LogP contribution in [0.15, 0.2) is 35.6 Å². The second-order valence-corrected chi connectivity index (χ2v) is 9.57. The minimum absolute atomic E-state index is 0.0382. The van der Waals surface area contributed by atoms with Crippen molar-refractivity contribution in [2.24, 2.45) is 5.92 Å². The zero-order valence-electron chi connectivity index (χ0n) is 17.8. The Morgan fingerprint density at radius 2 is 1.87 bits per heavy atom. The first kappa shape index (κ1) is 20.2. The first-order chi connectivity index (χ1) is 15.0. The molecular weight excluding hydrogens is 414 g/mol. The van der Waals surface area contributed by atoms with E-state index in [1.165, 1.54) is 11.3 Å². The number of benzene rings is 1. The number of amides is 1. The van der Waals surface area contributed by atoms with E-state index in [0.717, 1.165) is 36.3 Å². The number of Topliss-reactive ketones (excluding diaryl/α,β-unsaturated/α-hetero) is 1. The number of carbonyl (C=O) groups is 2. The van der Waals surface area contributed by atoms with Crippen molar-refractivity contribution in [1.29, 1.82) is 0 Å². The quantitative estimate of drug-likeness (QED) is 0.711. The second-order valence-electron chi connectivity index (χ2n) is 8.58. The number of ketones is 1.